The first-order valence-corrected chi connectivity index (χ1v) is 11.4. The molecular formula is C19H19N3O5S2. The number of nitrogens with zero attached hydrogens (tertiary/aromatic N) is 1. The maximum absolute atomic E-state index is 12.3. The van der Waals surface area contributed by atoms with Crippen LogP contribution >= 0.6 is 11.8 Å². The molecule has 0 bridgehead atoms. The third-order valence-corrected chi connectivity index (χ3v) is 6.17. The maximum atomic E-state index is 12.3. The Hall–Kier alpha value is -2.69. The Bertz CT molecular complexity index is 1020. The van der Waals surface area contributed by atoms with Gasteiger partial charge < -0.3 is 5.32 Å². The van der Waals surface area contributed by atoms with E-state index in [1.54, 1.807) is 24.3 Å². The highest BCUT2D eigenvalue weighted by molar-refractivity contribution is 7.99. The molecule has 0 radical (unpaired) electrons. The molecule has 3 N–H and O–H groups in total. The van der Waals surface area contributed by atoms with Crippen LogP contribution in [0.2, 0.25) is 0 Å². The minimum atomic E-state index is -3.77. The van der Waals surface area contributed by atoms with E-state index in [1.165, 1.54) is 40.9 Å². The lowest BCUT2D eigenvalue weighted by atomic mass is 10.1. The molecule has 10 heteroatoms. The Morgan fingerprint density at radius 2 is 1.55 bits per heavy atom. The van der Waals surface area contributed by atoms with Gasteiger partial charge in [0, 0.05) is 30.2 Å². The average Bonchev–Trinajstić information content (AvgIpc) is 2.92. The van der Waals surface area contributed by atoms with Crippen molar-refractivity contribution in [3.8, 4) is 0 Å². The molecule has 0 aliphatic carbocycles. The van der Waals surface area contributed by atoms with Crippen molar-refractivity contribution in [3.05, 3.63) is 59.7 Å². The van der Waals surface area contributed by atoms with E-state index in [0.717, 1.165) is 0 Å². The van der Waals surface area contributed by atoms with Gasteiger partial charge in [-0.1, -0.05) is 12.1 Å². The predicted octanol–water partition coefficient (Wildman–Crippen LogP) is 1.69. The van der Waals surface area contributed by atoms with Crippen molar-refractivity contribution in [1.29, 1.82) is 0 Å². The first-order chi connectivity index (χ1) is 13.8. The van der Waals surface area contributed by atoms with Crippen LogP contribution in [0.25, 0.3) is 0 Å². The van der Waals surface area contributed by atoms with Crippen LogP contribution in [0.5, 0.6) is 0 Å². The molecule has 0 atom stereocenters. The molecule has 1 aliphatic heterocycles. The number of amides is 3. The Labute approximate surface area is 172 Å². The number of fused-ring (bicyclic) bond motifs is 1. The van der Waals surface area contributed by atoms with E-state index < -0.39 is 10.0 Å². The molecule has 0 spiro atoms. The fraction of sp³-hybridized carbons (Fsp3) is 0.211. The number of carbonyl (C=O) groups excluding carboxylic acids is 3. The topological polar surface area (TPSA) is 127 Å². The van der Waals surface area contributed by atoms with E-state index in [2.05, 4.69) is 5.32 Å². The SMILES string of the molecule is NS(=O)(=O)c1ccc(NC(=O)CCSCCN2C(=O)c3ccccc3C2=O)cc1. The number of hydrogen-bond acceptors (Lipinski definition) is 6. The second kappa shape index (κ2) is 8.76. The summed E-state index contributed by atoms with van der Waals surface area (Å²) in [6.07, 6.45) is 0.240. The number of primary sulfonamides is 1. The van der Waals surface area contributed by atoms with Gasteiger partial charge in [-0.2, -0.15) is 11.8 Å². The Morgan fingerprint density at radius 1 is 0.966 bits per heavy atom. The van der Waals surface area contributed by atoms with Gasteiger partial charge in [-0.3, -0.25) is 19.3 Å². The molecule has 2 aromatic rings. The smallest absolute Gasteiger partial charge is 0.261 e. The zero-order valence-electron chi connectivity index (χ0n) is 15.3. The number of thioether (sulfide) groups is 1. The second-order valence-electron chi connectivity index (χ2n) is 6.29. The van der Waals surface area contributed by atoms with E-state index in [0.29, 0.717) is 28.3 Å². The van der Waals surface area contributed by atoms with Crippen molar-refractivity contribution in [2.75, 3.05) is 23.4 Å². The third-order valence-electron chi connectivity index (χ3n) is 4.28. The molecular weight excluding hydrogens is 414 g/mol. The standard InChI is InChI=1S/C19H19N3O5S2/c20-29(26,27)14-7-5-13(6-8-14)21-17(23)9-11-28-12-10-22-18(24)15-3-1-2-4-16(15)19(22)25/h1-8H,9-12H2,(H,21,23)(H2,20,26,27). The molecule has 0 saturated heterocycles. The zero-order valence-corrected chi connectivity index (χ0v) is 17.0. The van der Waals surface area contributed by atoms with Gasteiger partial charge in [-0.05, 0) is 36.4 Å². The number of rotatable bonds is 8. The van der Waals surface area contributed by atoms with Gasteiger partial charge in [0.15, 0.2) is 0 Å². The summed E-state index contributed by atoms with van der Waals surface area (Å²) >= 11 is 1.46. The average molecular weight is 434 g/mol. The highest BCUT2D eigenvalue weighted by atomic mass is 32.2. The molecule has 3 rings (SSSR count). The van der Waals surface area contributed by atoms with Crippen LogP contribution in [0, 0.1) is 0 Å². The largest absolute Gasteiger partial charge is 0.326 e. The van der Waals surface area contributed by atoms with Crippen LogP contribution in [0.15, 0.2) is 53.4 Å². The second-order valence-corrected chi connectivity index (χ2v) is 9.07. The molecule has 0 fully saturated rings. The highest BCUT2D eigenvalue weighted by Gasteiger charge is 2.34. The molecule has 1 heterocycles. The fourth-order valence-electron chi connectivity index (χ4n) is 2.82. The van der Waals surface area contributed by atoms with Gasteiger partial charge in [0.2, 0.25) is 15.9 Å². The summed E-state index contributed by atoms with van der Waals surface area (Å²) in [7, 11) is -3.77. The summed E-state index contributed by atoms with van der Waals surface area (Å²) in [6, 6.07) is 12.3. The van der Waals surface area contributed by atoms with Crippen molar-refractivity contribution < 1.29 is 22.8 Å². The lowest BCUT2D eigenvalue weighted by Crippen LogP contribution is -2.31. The zero-order chi connectivity index (χ0) is 21.0. The van der Waals surface area contributed by atoms with Crippen molar-refractivity contribution >= 4 is 45.2 Å². The first kappa shape index (κ1) is 21.0. The molecule has 0 aromatic heterocycles. The van der Waals surface area contributed by atoms with Crippen molar-refractivity contribution in [2.45, 2.75) is 11.3 Å². The van der Waals surface area contributed by atoms with Gasteiger partial charge in [-0.15, -0.1) is 0 Å². The number of nitrogens with one attached hydrogen (secondary N) is 1. The van der Waals surface area contributed by atoms with Gasteiger partial charge in [0.05, 0.1) is 16.0 Å². The minimum absolute atomic E-state index is 0.0285. The molecule has 2 aromatic carbocycles. The van der Waals surface area contributed by atoms with E-state index in [9.17, 15) is 22.8 Å². The molecule has 29 heavy (non-hydrogen) atoms. The molecule has 0 unspecified atom stereocenters. The van der Waals surface area contributed by atoms with Crippen LogP contribution < -0.4 is 10.5 Å². The van der Waals surface area contributed by atoms with Crippen molar-refractivity contribution in [3.63, 3.8) is 0 Å². The highest BCUT2D eigenvalue weighted by Crippen LogP contribution is 2.22. The van der Waals surface area contributed by atoms with Gasteiger partial charge in [-0.25, -0.2) is 13.6 Å². The number of benzene rings is 2. The summed E-state index contributed by atoms with van der Waals surface area (Å²) in [5.41, 5.74) is 1.32. The Kier molecular flexibility index (Phi) is 6.36. The molecule has 152 valence electrons. The number of imide groups is 1. The normalized spacial score (nSPS) is 13.5. The predicted molar refractivity (Wildman–Crippen MR) is 110 cm³/mol. The quantitative estimate of drug-likeness (QED) is 0.482. The summed E-state index contributed by atoms with van der Waals surface area (Å²) in [5, 5.41) is 7.70. The number of anilines is 1. The lowest BCUT2D eigenvalue weighted by molar-refractivity contribution is -0.115. The minimum Gasteiger partial charge on any atom is -0.326 e. The van der Waals surface area contributed by atoms with E-state index >= 15 is 0 Å². The number of nitrogens with two attached hydrogens (primary N) is 1. The van der Waals surface area contributed by atoms with Gasteiger partial charge in [0.25, 0.3) is 11.8 Å². The Balaban J connectivity index is 1.39. The van der Waals surface area contributed by atoms with E-state index in [-0.39, 0.29) is 35.6 Å². The summed E-state index contributed by atoms with van der Waals surface area (Å²) < 4.78 is 22.4. The number of sulfonamides is 1. The summed E-state index contributed by atoms with van der Waals surface area (Å²) in [5.74, 6) is 0.256. The van der Waals surface area contributed by atoms with E-state index in [4.69, 9.17) is 5.14 Å². The van der Waals surface area contributed by atoms with Crippen molar-refractivity contribution in [2.24, 2.45) is 5.14 Å². The molecule has 0 saturated carbocycles. The van der Waals surface area contributed by atoms with Crippen LogP contribution in [-0.4, -0.2) is 49.1 Å². The number of carbonyl (C=O) groups is 3. The number of hydrogen-bond donors (Lipinski definition) is 2. The summed E-state index contributed by atoms with van der Waals surface area (Å²) in [4.78, 5) is 37.7. The summed E-state index contributed by atoms with van der Waals surface area (Å²) in [6.45, 7) is 0.285. The Morgan fingerprint density at radius 3 is 2.10 bits per heavy atom. The van der Waals surface area contributed by atoms with Crippen LogP contribution in [-0.2, 0) is 14.8 Å². The fourth-order valence-corrected chi connectivity index (χ4v) is 4.18. The molecule has 1 aliphatic rings. The molecule has 3 amide bonds. The molecule has 8 nitrogen and oxygen atoms in total. The van der Waals surface area contributed by atoms with Gasteiger partial charge >= 0.3 is 0 Å². The van der Waals surface area contributed by atoms with Crippen LogP contribution in [0.4, 0.5) is 5.69 Å². The monoisotopic (exact) mass is 433 g/mol. The third kappa shape index (κ3) is 5.03. The first-order valence-electron chi connectivity index (χ1n) is 8.73. The maximum Gasteiger partial charge on any atom is 0.261 e. The lowest BCUT2D eigenvalue weighted by Gasteiger charge is -2.13. The van der Waals surface area contributed by atoms with Crippen LogP contribution in [0.3, 0.4) is 0 Å². The van der Waals surface area contributed by atoms with Crippen molar-refractivity contribution in [1.82, 2.24) is 4.90 Å². The van der Waals surface area contributed by atoms with E-state index in [1.807, 2.05) is 0 Å². The van der Waals surface area contributed by atoms with Gasteiger partial charge in [0.1, 0.15) is 0 Å². The van der Waals surface area contributed by atoms with Crippen LogP contribution in [0.1, 0.15) is 27.1 Å².